The van der Waals surface area contributed by atoms with Crippen LogP contribution in [-0.2, 0) is 24.2 Å². The van der Waals surface area contributed by atoms with E-state index in [1.807, 2.05) is 30.1 Å². The zero-order valence-corrected chi connectivity index (χ0v) is 14.9. The van der Waals surface area contributed by atoms with Crippen LogP contribution in [0.15, 0.2) is 48.5 Å². The largest absolute Gasteiger partial charge is 0.358 e. The van der Waals surface area contributed by atoms with Gasteiger partial charge in [0.05, 0.1) is 0 Å². The Balaban J connectivity index is 1.54. The van der Waals surface area contributed by atoms with Crippen LogP contribution < -0.4 is 0 Å². The van der Waals surface area contributed by atoms with Crippen LogP contribution in [0.1, 0.15) is 28.8 Å². The van der Waals surface area contributed by atoms with E-state index in [2.05, 4.69) is 42.2 Å². The third-order valence-electron chi connectivity index (χ3n) is 5.33. The number of rotatable bonds is 3. The van der Waals surface area contributed by atoms with Crippen molar-refractivity contribution in [2.45, 2.75) is 32.7 Å². The second-order valence-corrected chi connectivity index (χ2v) is 7.25. The normalized spacial score (nSPS) is 16.6. The van der Waals surface area contributed by atoms with Crippen LogP contribution in [0.3, 0.4) is 0 Å². The van der Waals surface area contributed by atoms with E-state index in [0.717, 1.165) is 19.3 Å². The molecular weight excluding hydrogens is 308 g/mol. The van der Waals surface area contributed by atoms with Gasteiger partial charge in [-0.2, -0.15) is 0 Å². The van der Waals surface area contributed by atoms with Crippen LogP contribution >= 0.6 is 0 Å². The topological polar surface area (TPSA) is 36.1 Å². The van der Waals surface area contributed by atoms with E-state index < -0.39 is 0 Å². The van der Waals surface area contributed by atoms with Crippen LogP contribution in [0.4, 0.5) is 0 Å². The Morgan fingerprint density at radius 3 is 2.80 bits per heavy atom. The maximum Gasteiger partial charge on any atom is 0.226 e. The van der Waals surface area contributed by atoms with Gasteiger partial charge >= 0.3 is 0 Å². The van der Waals surface area contributed by atoms with Gasteiger partial charge < -0.3 is 9.88 Å². The number of aromatic amines is 1. The highest BCUT2D eigenvalue weighted by Crippen LogP contribution is 2.33. The first-order valence-electron chi connectivity index (χ1n) is 9.01. The highest BCUT2D eigenvalue weighted by atomic mass is 16.2. The molecule has 1 atom stereocenters. The van der Waals surface area contributed by atoms with E-state index in [-0.39, 0.29) is 11.8 Å². The van der Waals surface area contributed by atoms with Gasteiger partial charge in [-0.05, 0) is 49.4 Å². The first-order valence-corrected chi connectivity index (χ1v) is 9.01. The predicted octanol–water partition coefficient (Wildman–Crippen LogP) is 4.24. The zero-order valence-electron chi connectivity index (χ0n) is 14.9. The number of nitrogens with zero attached hydrogens (tertiary/aromatic N) is 1. The summed E-state index contributed by atoms with van der Waals surface area (Å²) in [6.45, 7) is 2.80. The summed E-state index contributed by atoms with van der Waals surface area (Å²) < 4.78 is 0. The lowest BCUT2D eigenvalue weighted by molar-refractivity contribution is -0.135. The van der Waals surface area contributed by atoms with E-state index in [0.29, 0.717) is 6.54 Å². The molecule has 1 aromatic heterocycles. The number of carbonyl (C=O) groups excluding carboxylic acids is 1. The van der Waals surface area contributed by atoms with Gasteiger partial charge in [-0.25, -0.2) is 0 Å². The zero-order chi connectivity index (χ0) is 17.4. The third kappa shape index (κ3) is 3.07. The second-order valence-electron chi connectivity index (χ2n) is 7.25. The lowest BCUT2D eigenvalue weighted by Crippen LogP contribution is -2.35. The van der Waals surface area contributed by atoms with Gasteiger partial charge in [-0.3, -0.25) is 4.79 Å². The number of H-pyrrole nitrogens is 1. The van der Waals surface area contributed by atoms with Crippen molar-refractivity contribution in [1.82, 2.24) is 9.88 Å². The van der Waals surface area contributed by atoms with Crippen molar-refractivity contribution in [2.75, 3.05) is 7.05 Å². The molecule has 1 unspecified atom stereocenters. The fourth-order valence-corrected chi connectivity index (χ4v) is 3.99. The predicted molar refractivity (Wildman–Crippen MR) is 101 cm³/mol. The number of aromatic nitrogens is 1. The molecule has 1 aliphatic carbocycles. The molecule has 0 bridgehead atoms. The summed E-state index contributed by atoms with van der Waals surface area (Å²) in [7, 11) is 1.92. The minimum absolute atomic E-state index is 0.0840. The SMILES string of the molecule is Cc1ccc2[nH]c3c(c2c1)CC(C(=O)N(C)Cc1ccccc1)CC3. The molecule has 128 valence electrons. The summed E-state index contributed by atoms with van der Waals surface area (Å²) in [6, 6.07) is 16.7. The van der Waals surface area contributed by atoms with Crippen LogP contribution in [0.5, 0.6) is 0 Å². The molecular formula is C22H24N2O. The Bertz CT molecular complexity index is 910. The summed E-state index contributed by atoms with van der Waals surface area (Å²) in [5.74, 6) is 0.345. The van der Waals surface area contributed by atoms with Gasteiger partial charge in [-0.15, -0.1) is 0 Å². The van der Waals surface area contributed by atoms with E-state index in [1.54, 1.807) is 0 Å². The minimum Gasteiger partial charge on any atom is -0.358 e. The van der Waals surface area contributed by atoms with E-state index in [9.17, 15) is 4.79 Å². The molecule has 3 aromatic rings. The monoisotopic (exact) mass is 332 g/mol. The molecule has 0 aliphatic heterocycles. The minimum atomic E-state index is 0.0840. The van der Waals surface area contributed by atoms with Gasteiger partial charge in [0.2, 0.25) is 5.91 Å². The van der Waals surface area contributed by atoms with Crippen molar-refractivity contribution in [2.24, 2.45) is 5.92 Å². The van der Waals surface area contributed by atoms with Gasteiger partial charge in [0.25, 0.3) is 0 Å². The molecule has 3 heteroatoms. The molecule has 25 heavy (non-hydrogen) atoms. The Hall–Kier alpha value is -2.55. The van der Waals surface area contributed by atoms with Crippen LogP contribution in [0.2, 0.25) is 0 Å². The van der Waals surface area contributed by atoms with Crippen LogP contribution in [0, 0.1) is 12.8 Å². The molecule has 0 saturated heterocycles. The lowest BCUT2D eigenvalue weighted by atomic mass is 9.85. The standard InChI is InChI=1S/C22H24N2O/c1-15-8-10-20-18(12-15)19-13-17(9-11-21(19)23-20)22(25)24(2)14-16-6-4-3-5-7-16/h3-8,10,12,17,23H,9,11,13-14H2,1-2H3. The maximum atomic E-state index is 13.0. The van der Waals surface area contributed by atoms with E-state index in [1.165, 1.54) is 33.3 Å². The highest BCUT2D eigenvalue weighted by molar-refractivity contribution is 5.87. The number of hydrogen-bond donors (Lipinski definition) is 1. The molecule has 0 saturated carbocycles. The molecule has 0 radical (unpaired) electrons. The molecule has 0 spiro atoms. The average molecular weight is 332 g/mol. The molecule has 4 rings (SSSR count). The summed E-state index contributed by atoms with van der Waals surface area (Å²) in [5, 5.41) is 1.29. The first-order chi connectivity index (χ1) is 12.1. The average Bonchev–Trinajstić information content (AvgIpc) is 2.99. The Morgan fingerprint density at radius 1 is 1.20 bits per heavy atom. The van der Waals surface area contributed by atoms with Crippen molar-refractivity contribution >= 4 is 16.8 Å². The quantitative estimate of drug-likeness (QED) is 0.765. The van der Waals surface area contributed by atoms with E-state index >= 15 is 0 Å². The molecule has 1 amide bonds. The summed E-state index contributed by atoms with van der Waals surface area (Å²) in [5.41, 5.74) is 6.30. The number of nitrogens with one attached hydrogen (secondary N) is 1. The molecule has 3 nitrogen and oxygen atoms in total. The van der Waals surface area contributed by atoms with Crippen molar-refractivity contribution in [3.8, 4) is 0 Å². The van der Waals surface area contributed by atoms with Gasteiger partial charge in [-0.1, -0.05) is 42.0 Å². The van der Waals surface area contributed by atoms with E-state index in [4.69, 9.17) is 0 Å². The Morgan fingerprint density at radius 2 is 2.00 bits per heavy atom. The van der Waals surface area contributed by atoms with Crippen LogP contribution in [-0.4, -0.2) is 22.8 Å². The van der Waals surface area contributed by atoms with Crippen molar-refractivity contribution < 1.29 is 4.79 Å². The number of amides is 1. The molecule has 0 fully saturated rings. The van der Waals surface area contributed by atoms with Gasteiger partial charge in [0, 0.05) is 36.1 Å². The maximum absolute atomic E-state index is 13.0. The smallest absolute Gasteiger partial charge is 0.226 e. The van der Waals surface area contributed by atoms with Crippen LogP contribution in [0.25, 0.3) is 10.9 Å². The third-order valence-corrected chi connectivity index (χ3v) is 5.33. The summed E-state index contributed by atoms with van der Waals surface area (Å²) in [6.07, 6.45) is 2.73. The van der Waals surface area contributed by atoms with Crippen molar-refractivity contribution in [3.05, 3.63) is 70.9 Å². The fourth-order valence-electron chi connectivity index (χ4n) is 3.99. The molecule has 1 N–H and O–H groups in total. The molecule has 1 heterocycles. The number of hydrogen-bond acceptors (Lipinski definition) is 1. The number of benzene rings is 2. The fraction of sp³-hybridized carbons (Fsp3) is 0.318. The molecule has 2 aromatic carbocycles. The Labute approximate surface area is 148 Å². The van der Waals surface area contributed by atoms with Gasteiger partial charge in [0.1, 0.15) is 0 Å². The first kappa shape index (κ1) is 15.9. The number of carbonyl (C=O) groups is 1. The van der Waals surface area contributed by atoms with Crippen molar-refractivity contribution in [1.29, 1.82) is 0 Å². The van der Waals surface area contributed by atoms with Crippen molar-refractivity contribution in [3.63, 3.8) is 0 Å². The lowest BCUT2D eigenvalue weighted by Gasteiger charge is -2.27. The van der Waals surface area contributed by atoms with Gasteiger partial charge in [0.15, 0.2) is 0 Å². The number of aryl methyl sites for hydroxylation is 2. The Kier molecular flexibility index (Phi) is 4.08. The molecule has 1 aliphatic rings. The summed E-state index contributed by atoms with van der Waals surface area (Å²) in [4.78, 5) is 18.4. The highest BCUT2D eigenvalue weighted by Gasteiger charge is 2.29. The summed E-state index contributed by atoms with van der Waals surface area (Å²) >= 11 is 0. The second kappa shape index (κ2) is 6.40. The number of fused-ring (bicyclic) bond motifs is 3.